The van der Waals surface area contributed by atoms with Gasteiger partial charge in [0.2, 0.25) is 5.91 Å². The van der Waals surface area contributed by atoms with E-state index >= 15 is 0 Å². The molecule has 0 aliphatic carbocycles. The SMILES string of the molecule is COC(=O)CC(C)SCC(=O)N(C)Cc1ccc(Cl)s1. The zero-order valence-electron chi connectivity index (χ0n) is 11.7. The van der Waals surface area contributed by atoms with Crippen LogP contribution in [0.2, 0.25) is 4.34 Å². The van der Waals surface area contributed by atoms with Crippen LogP contribution in [0, 0.1) is 0 Å². The van der Waals surface area contributed by atoms with E-state index in [0.29, 0.717) is 18.7 Å². The quantitative estimate of drug-likeness (QED) is 0.718. The highest BCUT2D eigenvalue weighted by atomic mass is 35.5. The first-order valence-electron chi connectivity index (χ1n) is 6.09. The monoisotopic (exact) mass is 335 g/mol. The average molecular weight is 336 g/mol. The molecule has 1 unspecified atom stereocenters. The number of carbonyl (C=O) groups excluding carboxylic acids is 2. The number of amides is 1. The number of methoxy groups -OCH3 is 1. The summed E-state index contributed by atoms with van der Waals surface area (Å²) in [7, 11) is 3.13. The lowest BCUT2D eigenvalue weighted by molar-refractivity contribution is -0.140. The zero-order chi connectivity index (χ0) is 15.1. The largest absolute Gasteiger partial charge is 0.469 e. The van der Waals surface area contributed by atoms with E-state index in [0.717, 1.165) is 9.21 Å². The molecule has 0 saturated heterocycles. The van der Waals surface area contributed by atoms with Crippen LogP contribution in [0.15, 0.2) is 12.1 Å². The maximum Gasteiger partial charge on any atom is 0.306 e. The Labute approximate surface area is 132 Å². The van der Waals surface area contributed by atoms with Gasteiger partial charge in [-0.05, 0) is 12.1 Å². The normalized spacial score (nSPS) is 12.0. The van der Waals surface area contributed by atoms with Gasteiger partial charge in [-0.1, -0.05) is 18.5 Å². The highest BCUT2D eigenvalue weighted by molar-refractivity contribution is 8.00. The second-order valence-corrected chi connectivity index (χ2v) is 7.58. The van der Waals surface area contributed by atoms with Crippen LogP contribution in [0.1, 0.15) is 18.2 Å². The Morgan fingerprint density at radius 1 is 1.50 bits per heavy atom. The first kappa shape index (κ1) is 17.3. The summed E-state index contributed by atoms with van der Waals surface area (Å²) in [5.74, 6) is 0.142. The molecule has 0 aliphatic heterocycles. The molecule has 7 heteroatoms. The molecule has 1 heterocycles. The predicted octanol–water partition coefficient (Wildman–Crippen LogP) is 3.04. The van der Waals surface area contributed by atoms with Crippen molar-refractivity contribution in [3.63, 3.8) is 0 Å². The van der Waals surface area contributed by atoms with E-state index in [2.05, 4.69) is 4.74 Å². The minimum atomic E-state index is -0.251. The van der Waals surface area contributed by atoms with Gasteiger partial charge in [0.1, 0.15) is 0 Å². The van der Waals surface area contributed by atoms with Crippen molar-refractivity contribution in [2.24, 2.45) is 0 Å². The molecule has 4 nitrogen and oxygen atoms in total. The predicted molar refractivity (Wildman–Crippen MR) is 84.4 cm³/mol. The van der Waals surface area contributed by atoms with Crippen LogP contribution < -0.4 is 0 Å². The van der Waals surface area contributed by atoms with Crippen LogP contribution in [-0.4, -0.2) is 41.9 Å². The van der Waals surface area contributed by atoms with Gasteiger partial charge in [-0.3, -0.25) is 9.59 Å². The lowest BCUT2D eigenvalue weighted by Crippen LogP contribution is -2.28. The lowest BCUT2D eigenvalue weighted by atomic mass is 10.3. The van der Waals surface area contributed by atoms with E-state index in [4.69, 9.17) is 11.6 Å². The van der Waals surface area contributed by atoms with Crippen LogP contribution in [-0.2, 0) is 20.9 Å². The number of hydrogen-bond acceptors (Lipinski definition) is 5. The topological polar surface area (TPSA) is 46.6 Å². The van der Waals surface area contributed by atoms with Crippen molar-refractivity contribution in [1.29, 1.82) is 0 Å². The van der Waals surface area contributed by atoms with Gasteiger partial charge >= 0.3 is 5.97 Å². The Morgan fingerprint density at radius 3 is 2.75 bits per heavy atom. The van der Waals surface area contributed by atoms with Crippen molar-refractivity contribution in [3.8, 4) is 0 Å². The molecule has 20 heavy (non-hydrogen) atoms. The van der Waals surface area contributed by atoms with Gasteiger partial charge in [-0.15, -0.1) is 23.1 Å². The third-order valence-corrected chi connectivity index (χ3v) is 4.99. The van der Waals surface area contributed by atoms with Crippen molar-refractivity contribution in [3.05, 3.63) is 21.3 Å². The summed E-state index contributed by atoms with van der Waals surface area (Å²) in [5, 5.41) is 0.0657. The standard InChI is InChI=1S/C13H18ClNO3S2/c1-9(6-13(17)18-3)19-8-12(16)15(2)7-10-4-5-11(14)20-10/h4-5,9H,6-8H2,1-3H3. The van der Waals surface area contributed by atoms with Crippen LogP contribution in [0.4, 0.5) is 0 Å². The number of nitrogens with zero attached hydrogens (tertiary/aromatic N) is 1. The fraction of sp³-hybridized carbons (Fsp3) is 0.538. The van der Waals surface area contributed by atoms with Crippen molar-refractivity contribution in [2.45, 2.75) is 25.1 Å². The van der Waals surface area contributed by atoms with E-state index in [1.807, 2.05) is 19.1 Å². The highest BCUT2D eigenvalue weighted by Gasteiger charge is 2.15. The third-order valence-electron chi connectivity index (χ3n) is 2.62. The Hall–Kier alpha value is -0.720. The first-order valence-corrected chi connectivity index (χ1v) is 8.33. The second-order valence-electron chi connectivity index (χ2n) is 4.36. The summed E-state index contributed by atoms with van der Waals surface area (Å²) in [5.41, 5.74) is 0. The van der Waals surface area contributed by atoms with Gasteiger partial charge in [0.05, 0.1) is 30.2 Å². The Balaban J connectivity index is 2.33. The molecule has 0 aliphatic rings. The number of thiophene rings is 1. The summed E-state index contributed by atoms with van der Waals surface area (Å²) in [6.07, 6.45) is 0.318. The number of rotatable bonds is 7. The molecule has 0 radical (unpaired) electrons. The molecule has 0 N–H and O–H groups in total. The van der Waals surface area contributed by atoms with E-state index in [1.54, 1.807) is 11.9 Å². The van der Waals surface area contributed by atoms with Crippen molar-refractivity contribution >= 4 is 46.6 Å². The molecular weight excluding hydrogens is 318 g/mol. The van der Waals surface area contributed by atoms with E-state index in [9.17, 15) is 9.59 Å². The van der Waals surface area contributed by atoms with Gasteiger partial charge in [-0.25, -0.2) is 0 Å². The fourth-order valence-electron chi connectivity index (χ4n) is 1.46. The molecule has 0 saturated carbocycles. The smallest absolute Gasteiger partial charge is 0.306 e. The van der Waals surface area contributed by atoms with Gasteiger partial charge in [0.25, 0.3) is 0 Å². The maximum absolute atomic E-state index is 12.0. The van der Waals surface area contributed by atoms with Crippen molar-refractivity contribution in [2.75, 3.05) is 19.9 Å². The summed E-state index contributed by atoms with van der Waals surface area (Å²) >= 11 is 8.79. The summed E-state index contributed by atoms with van der Waals surface area (Å²) < 4.78 is 5.32. The van der Waals surface area contributed by atoms with Crippen LogP contribution in [0.3, 0.4) is 0 Å². The molecule has 1 amide bonds. The second kappa shape index (κ2) is 8.54. The van der Waals surface area contributed by atoms with Gasteiger partial charge < -0.3 is 9.64 Å². The number of ether oxygens (including phenoxy) is 1. The first-order chi connectivity index (χ1) is 9.42. The summed E-state index contributed by atoms with van der Waals surface area (Å²) in [6, 6.07) is 3.75. The molecule has 1 aromatic rings. The molecule has 1 aromatic heterocycles. The Morgan fingerprint density at radius 2 is 2.20 bits per heavy atom. The number of carbonyl (C=O) groups is 2. The average Bonchev–Trinajstić information content (AvgIpc) is 2.81. The number of halogens is 1. The van der Waals surface area contributed by atoms with E-state index in [-0.39, 0.29) is 17.1 Å². The number of esters is 1. The molecule has 1 atom stereocenters. The van der Waals surface area contributed by atoms with Gasteiger partial charge in [-0.2, -0.15) is 0 Å². The minimum Gasteiger partial charge on any atom is -0.469 e. The Bertz CT molecular complexity index is 464. The molecule has 0 fully saturated rings. The zero-order valence-corrected chi connectivity index (χ0v) is 14.1. The van der Waals surface area contributed by atoms with E-state index in [1.165, 1.54) is 30.2 Å². The van der Waals surface area contributed by atoms with Crippen LogP contribution >= 0.6 is 34.7 Å². The van der Waals surface area contributed by atoms with Crippen molar-refractivity contribution < 1.29 is 14.3 Å². The Kier molecular flexibility index (Phi) is 7.40. The molecule has 0 aromatic carbocycles. The fourth-order valence-corrected chi connectivity index (χ4v) is 3.50. The molecule has 1 rings (SSSR count). The lowest BCUT2D eigenvalue weighted by Gasteiger charge is -2.17. The number of thioether (sulfide) groups is 1. The van der Waals surface area contributed by atoms with Crippen LogP contribution in [0.5, 0.6) is 0 Å². The number of hydrogen-bond donors (Lipinski definition) is 0. The van der Waals surface area contributed by atoms with Gasteiger partial charge in [0.15, 0.2) is 0 Å². The minimum absolute atomic E-state index is 0.0382. The van der Waals surface area contributed by atoms with Crippen molar-refractivity contribution in [1.82, 2.24) is 4.90 Å². The molecular formula is C13H18ClNO3S2. The third kappa shape index (κ3) is 6.15. The van der Waals surface area contributed by atoms with Gasteiger partial charge in [0, 0.05) is 17.2 Å². The maximum atomic E-state index is 12.0. The molecule has 0 spiro atoms. The molecule has 0 bridgehead atoms. The summed E-state index contributed by atoms with van der Waals surface area (Å²) in [6.45, 7) is 2.47. The van der Waals surface area contributed by atoms with Crippen LogP contribution in [0.25, 0.3) is 0 Å². The highest BCUT2D eigenvalue weighted by Crippen LogP contribution is 2.23. The summed E-state index contributed by atoms with van der Waals surface area (Å²) in [4.78, 5) is 25.8. The van der Waals surface area contributed by atoms with E-state index < -0.39 is 0 Å². The molecule has 112 valence electrons.